The van der Waals surface area contributed by atoms with E-state index < -0.39 is 17.2 Å². The number of aldehydes is 1. The Balaban J connectivity index is 2.95. The number of halogens is 2. The molecule has 1 N–H and O–H groups in total. The summed E-state index contributed by atoms with van der Waals surface area (Å²) < 4.78 is 26.1. The Bertz CT molecular complexity index is 316. The van der Waals surface area contributed by atoms with Gasteiger partial charge in [0.2, 0.25) is 0 Å². The zero-order chi connectivity index (χ0) is 10.6. The highest BCUT2D eigenvalue weighted by Gasteiger charge is 2.09. The first-order chi connectivity index (χ1) is 6.69. The summed E-state index contributed by atoms with van der Waals surface area (Å²) in [6.07, 6.45) is 0.718. The SMILES string of the molecule is CNCCc1cc(F)c(C=O)c(F)c1. The minimum Gasteiger partial charge on any atom is -0.319 e. The number of hydrogen-bond donors (Lipinski definition) is 1. The molecule has 2 nitrogen and oxygen atoms in total. The predicted octanol–water partition coefficient (Wildman–Crippen LogP) is 1.54. The summed E-state index contributed by atoms with van der Waals surface area (Å²) in [5.41, 5.74) is 0.0400. The van der Waals surface area contributed by atoms with Gasteiger partial charge in [0.15, 0.2) is 6.29 Å². The first-order valence-corrected chi connectivity index (χ1v) is 4.26. The maximum absolute atomic E-state index is 13.0. The van der Waals surface area contributed by atoms with Crippen LogP contribution >= 0.6 is 0 Å². The van der Waals surface area contributed by atoms with Gasteiger partial charge in [0, 0.05) is 0 Å². The lowest BCUT2D eigenvalue weighted by atomic mass is 10.1. The van der Waals surface area contributed by atoms with E-state index in [0.29, 0.717) is 18.5 Å². The van der Waals surface area contributed by atoms with Gasteiger partial charge in [0.1, 0.15) is 11.6 Å². The third-order valence-corrected chi connectivity index (χ3v) is 1.92. The van der Waals surface area contributed by atoms with Crippen LogP contribution in [0.25, 0.3) is 0 Å². The zero-order valence-corrected chi connectivity index (χ0v) is 7.81. The van der Waals surface area contributed by atoms with E-state index in [1.165, 1.54) is 12.1 Å². The number of nitrogens with one attached hydrogen (secondary N) is 1. The first-order valence-electron chi connectivity index (χ1n) is 4.26. The fraction of sp³-hybridized carbons (Fsp3) is 0.300. The summed E-state index contributed by atoms with van der Waals surface area (Å²) in [6, 6.07) is 2.37. The third-order valence-electron chi connectivity index (χ3n) is 1.92. The smallest absolute Gasteiger partial charge is 0.155 e. The Morgan fingerprint density at radius 3 is 2.36 bits per heavy atom. The fourth-order valence-corrected chi connectivity index (χ4v) is 1.16. The van der Waals surface area contributed by atoms with Crippen LogP contribution in [0.5, 0.6) is 0 Å². The molecule has 0 radical (unpaired) electrons. The molecular weight excluding hydrogens is 188 g/mol. The van der Waals surface area contributed by atoms with E-state index in [1.807, 2.05) is 0 Å². The van der Waals surface area contributed by atoms with Crippen LogP contribution in [0.2, 0.25) is 0 Å². The van der Waals surface area contributed by atoms with Gasteiger partial charge in [0.05, 0.1) is 5.56 Å². The highest BCUT2D eigenvalue weighted by molar-refractivity contribution is 5.75. The van der Waals surface area contributed by atoms with Gasteiger partial charge in [-0.25, -0.2) is 8.78 Å². The van der Waals surface area contributed by atoms with Crippen molar-refractivity contribution in [2.24, 2.45) is 0 Å². The van der Waals surface area contributed by atoms with Crippen LogP contribution < -0.4 is 5.32 Å². The van der Waals surface area contributed by atoms with Gasteiger partial charge in [0.25, 0.3) is 0 Å². The number of rotatable bonds is 4. The molecule has 0 unspecified atom stereocenters. The Morgan fingerprint density at radius 1 is 1.36 bits per heavy atom. The predicted molar refractivity (Wildman–Crippen MR) is 49.4 cm³/mol. The average Bonchev–Trinajstić information content (AvgIpc) is 2.14. The molecule has 0 heterocycles. The zero-order valence-electron chi connectivity index (χ0n) is 7.81. The van der Waals surface area contributed by atoms with Crippen molar-refractivity contribution in [3.05, 3.63) is 34.9 Å². The highest BCUT2D eigenvalue weighted by atomic mass is 19.1. The molecular formula is C10H11F2NO. The van der Waals surface area contributed by atoms with Crippen molar-refractivity contribution in [1.29, 1.82) is 0 Å². The number of benzene rings is 1. The number of carbonyl (C=O) groups excluding carboxylic acids is 1. The molecule has 1 rings (SSSR count). The van der Waals surface area contributed by atoms with Crippen LogP contribution in [0.3, 0.4) is 0 Å². The molecule has 0 bridgehead atoms. The normalized spacial score (nSPS) is 10.2. The molecule has 0 aliphatic carbocycles. The Labute approximate surface area is 80.9 Å². The molecule has 0 aromatic heterocycles. The van der Waals surface area contributed by atoms with Gasteiger partial charge in [-0.1, -0.05) is 0 Å². The largest absolute Gasteiger partial charge is 0.319 e. The summed E-state index contributed by atoms with van der Waals surface area (Å²) >= 11 is 0. The molecule has 0 aliphatic rings. The monoisotopic (exact) mass is 199 g/mol. The molecule has 0 amide bonds. The van der Waals surface area contributed by atoms with Gasteiger partial charge in [-0.3, -0.25) is 4.79 Å². The van der Waals surface area contributed by atoms with Crippen molar-refractivity contribution in [3.63, 3.8) is 0 Å². The van der Waals surface area contributed by atoms with Crippen LogP contribution in [0.4, 0.5) is 8.78 Å². The van der Waals surface area contributed by atoms with Crippen molar-refractivity contribution in [1.82, 2.24) is 5.32 Å². The summed E-state index contributed by atoms with van der Waals surface area (Å²) in [7, 11) is 1.76. The van der Waals surface area contributed by atoms with Crippen LogP contribution in [0, 0.1) is 11.6 Å². The van der Waals surface area contributed by atoms with Gasteiger partial charge in [-0.05, 0) is 37.7 Å². The van der Waals surface area contributed by atoms with E-state index in [-0.39, 0.29) is 6.29 Å². The Kier molecular flexibility index (Phi) is 3.71. The molecule has 1 aromatic rings. The van der Waals surface area contributed by atoms with Crippen molar-refractivity contribution < 1.29 is 13.6 Å². The number of hydrogen-bond acceptors (Lipinski definition) is 2. The molecule has 14 heavy (non-hydrogen) atoms. The number of likely N-dealkylation sites (N-methyl/N-ethyl adjacent to an activating group) is 1. The van der Waals surface area contributed by atoms with E-state index in [9.17, 15) is 13.6 Å². The lowest BCUT2D eigenvalue weighted by molar-refractivity contribution is 0.111. The molecule has 0 saturated carbocycles. The van der Waals surface area contributed by atoms with Crippen molar-refractivity contribution in [3.8, 4) is 0 Å². The van der Waals surface area contributed by atoms with Gasteiger partial charge in [-0.2, -0.15) is 0 Å². The maximum Gasteiger partial charge on any atom is 0.155 e. The minimum absolute atomic E-state index is 0.187. The van der Waals surface area contributed by atoms with Gasteiger partial charge >= 0.3 is 0 Å². The first kappa shape index (κ1) is 10.8. The molecule has 4 heteroatoms. The minimum atomic E-state index is -0.800. The van der Waals surface area contributed by atoms with E-state index in [4.69, 9.17) is 0 Å². The third kappa shape index (κ3) is 2.35. The fourth-order valence-electron chi connectivity index (χ4n) is 1.16. The highest BCUT2D eigenvalue weighted by Crippen LogP contribution is 2.13. The van der Waals surface area contributed by atoms with Crippen LogP contribution in [-0.2, 0) is 6.42 Å². The standard InChI is InChI=1S/C10H11F2NO/c1-13-3-2-7-4-9(11)8(6-14)10(12)5-7/h4-6,13H,2-3H2,1H3. The molecule has 1 aromatic carbocycles. The van der Waals surface area contributed by atoms with Crippen molar-refractivity contribution in [2.75, 3.05) is 13.6 Å². The van der Waals surface area contributed by atoms with Crippen LogP contribution in [0.1, 0.15) is 15.9 Å². The quantitative estimate of drug-likeness (QED) is 0.745. The molecule has 76 valence electrons. The lowest BCUT2D eigenvalue weighted by Crippen LogP contribution is -2.11. The summed E-state index contributed by atoms with van der Waals surface area (Å²) in [5, 5.41) is 2.87. The van der Waals surface area contributed by atoms with Gasteiger partial charge < -0.3 is 5.32 Å². The molecule has 0 saturated heterocycles. The van der Waals surface area contributed by atoms with E-state index in [0.717, 1.165) is 0 Å². The average molecular weight is 199 g/mol. The van der Waals surface area contributed by atoms with E-state index >= 15 is 0 Å². The summed E-state index contributed by atoms with van der Waals surface area (Å²) in [4.78, 5) is 10.3. The number of carbonyl (C=O) groups is 1. The second-order valence-corrected chi connectivity index (χ2v) is 2.94. The molecule has 0 atom stereocenters. The maximum atomic E-state index is 13.0. The van der Waals surface area contributed by atoms with E-state index in [2.05, 4.69) is 5.32 Å². The van der Waals surface area contributed by atoms with Crippen molar-refractivity contribution >= 4 is 6.29 Å². The summed E-state index contributed by atoms with van der Waals surface area (Å²) in [6.45, 7) is 0.638. The topological polar surface area (TPSA) is 29.1 Å². The van der Waals surface area contributed by atoms with Crippen LogP contribution in [-0.4, -0.2) is 19.9 Å². The molecule has 0 fully saturated rings. The Morgan fingerprint density at radius 2 is 1.93 bits per heavy atom. The van der Waals surface area contributed by atoms with Crippen LogP contribution in [0.15, 0.2) is 12.1 Å². The summed E-state index contributed by atoms with van der Waals surface area (Å²) in [5.74, 6) is -1.60. The molecule has 0 aliphatic heterocycles. The van der Waals surface area contributed by atoms with Gasteiger partial charge in [-0.15, -0.1) is 0 Å². The second-order valence-electron chi connectivity index (χ2n) is 2.94. The van der Waals surface area contributed by atoms with E-state index in [1.54, 1.807) is 7.05 Å². The van der Waals surface area contributed by atoms with Crippen molar-refractivity contribution in [2.45, 2.75) is 6.42 Å². The Hall–Kier alpha value is -1.29. The molecule has 0 spiro atoms. The second kappa shape index (κ2) is 4.81. The lowest BCUT2D eigenvalue weighted by Gasteiger charge is -2.03.